The summed E-state index contributed by atoms with van der Waals surface area (Å²) in [5, 5.41) is 0. The van der Waals surface area contributed by atoms with Crippen LogP contribution in [0.2, 0.25) is 0 Å². The van der Waals surface area contributed by atoms with Gasteiger partial charge in [-0.1, -0.05) is 0 Å². The Bertz CT molecular complexity index is 239. The summed E-state index contributed by atoms with van der Waals surface area (Å²) in [4.78, 5) is 11.6. The lowest BCUT2D eigenvalue weighted by atomic mass is 10.3. The van der Waals surface area contributed by atoms with Crippen molar-refractivity contribution in [3.63, 3.8) is 0 Å². The number of hydrogen-bond donors (Lipinski definition) is 1. The van der Waals surface area contributed by atoms with Gasteiger partial charge in [-0.3, -0.25) is 4.79 Å². The molecule has 1 saturated heterocycles. The zero-order valence-corrected chi connectivity index (χ0v) is 8.45. The number of amides is 1. The minimum absolute atomic E-state index is 0. The third-order valence-corrected chi connectivity index (χ3v) is 2.07. The van der Waals surface area contributed by atoms with Gasteiger partial charge in [-0.2, -0.15) is 8.78 Å². The Hall–Kier alpha value is -0.560. The van der Waals surface area contributed by atoms with Crippen molar-refractivity contribution in [3.8, 4) is 0 Å². The molecule has 1 aliphatic heterocycles. The lowest BCUT2D eigenvalue weighted by Crippen LogP contribution is -2.47. The molecule has 1 rings (SSSR count). The summed E-state index contributed by atoms with van der Waals surface area (Å²) < 4.78 is 48.6. The fourth-order valence-corrected chi connectivity index (χ4v) is 1.28. The molecule has 0 aromatic heterocycles. The summed E-state index contributed by atoms with van der Waals surface area (Å²) in [6.45, 7) is -0.0660. The predicted molar refractivity (Wildman–Crippen MR) is 47.4 cm³/mol. The Kier molecular flexibility index (Phi) is 4.79. The monoisotopic (exact) mass is 250 g/mol. The van der Waals surface area contributed by atoms with Crippen molar-refractivity contribution in [1.82, 2.24) is 4.90 Å². The number of nitrogens with two attached hydrogens (primary N) is 1. The van der Waals surface area contributed by atoms with Gasteiger partial charge >= 0.3 is 12.3 Å². The molecule has 1 amide bonds. The number of likely N-dealkylation sites (tertiary alicyclic amines) is 1. The molecule has 1 fully saturated rings. The third-order valence-electron chi connectivity index (χ3n) is 2.07. The molecule has 3 nitrogen and oxygen atoms in total. The Morgan fingerprint density at radius 1 is 1.47 bits per heavy atom. The van der Waals surface area contributed by atoms with Gasteiger partial charge < -0.3 is 10.6 Å². The zero-order chi connectivity index (χ0) is 10.9. The second kappa shape index (κ2) is 4.98. The number of nitrogens with zero attached hydrogens (tertiary/aromatic N) is 1. The fourth-order valence-electron chi connectivity index (χ4n) is 1.28. The van der Waals surface area contributed by atoms with Gasteiger partial charge in [0.2, 0.25) is 0 Å². The molecule has 2 N–H and O–H groups in total. The lowest BCUT2D eigenvalue weighted by Gasteiger charge is -2.21. The smallest absolute Gasteiger partial charge is 0.336 e. The second-order valence-electron chi connectivity index (χ2n) is 3.22. The molecule has 8 heteroatoms. The van der Waals surface area contributed by atoms with Crippen molar-refractivity contribution in [2.75, 3.05) is 13.1 Å². The summed E-state index contributed by atoms with van der Waals surface area (Å²) in [7, 11) is 0. The third kappa shape index (κ3) is 2.94. The van der Waals surface area contributed by atoms with Gasteiger partial charge in [-0.15, -0.1) is 12.4 Å². The summed E-state index contributed by atoms with van der Waals surface area (Å²) in [6, 6.07) is -0.396. The van der Waals surface area contributed by atoms with E-state index in [0.717, 1.165) is 0 Å². The zero-order valence-electron chi connectivity index (χ0n) is 7.63. The Balaban J connectivity index is 0.00000196. The van der Waals surface area contributed by atoms with E-state index in [1.54, 1.807) is 0 Å². The van der Waals surface area contributed by atoms with Crippen molar-refractivity contribution in [3.05, 3.63) is 0 Å². The average molecular weight is 251 g/mol. The first-order valence-electron chi connectivity index (χ1n) is 4.06. The highest BCUT2D eigenvalue weighted by Gasteiger charge is 2.51. The lowest BCUT2D eigenvalue weighted by molar-refractivity contribution is -0.179. The van der Waals surface area contributed by atoms with Crippen LogP contribution in [-0.4, -0.2) is 42.3 Å². The van der Waals surface area contributed by atoms with E-state index in [0.29, 0.717) is 11.3 Å². The number of halogens is 5. The van der Waals surface area contributed by atoms with Gasteiger partial charge in [-0.25, -0.2) is 8.78 Å². The summed E-state index contributed by atoms with van der Waals surface area (Å²) in [5.41, 5.74) is 5.36. The minimum atomic E-state index is -4.59. The number of carbonyl (C=O) groups excluding carboxylic acids is 1. The van der Waals surface area contributed by atoms with E-state index in [-0.39, 0.29) is 25.5 Å². The van der Waals surface area contributed by atoms with Crippen molar-refractivity contribution >= 4 is 18.3 Å². The van der Waals surface area contributed by atoms with E-state index in [1.807, 2.05) is 0 Å². The quantitative estimate of drug-likeness (QED) is 0.739. The second-order valence-corrected chi connectivity index (χ2v) is 3.22. The van der Waals surface area contributed by atoms with Crippen LogP contribution in [0, 0.1) is 0 Å². The predicted octanol–water partition coefficient (Wildman–Crippen LogP) is 0.868. The molecule has 0 bridgehead atoms. The molecule has 0 spiro atoms. The first kappa shape index (κ1) is 14.4. The molecular weight excluding hydrogens is 240 g/mol. The molecule has 0 saturated carbocycles. The number of rotatable bonds is 2. The summed E-state index contributed by atoms with van der Waals surface area (Å²) >= 11 is 0. The van der Waals surface area contributed by atoms with Gasteiger partial charge in [0.25, 0.3) is 5.91 Å². The number of carbonyl (C=O) groups is 1. The van der Waals surface area contributed by atoms with Gasteiger partial charge in [0.15, 0.2) is 0 Å². The molecule has 0 aromatic carbocycles. The van der Waals surface area contributed by atoms with Gasteiger partial charge in [0.1, 0.15) is 0 Å². The molecule has 1 unspecified atom stereocenters. The van der Waals surface area contributed by atoms with Crippen LogP contribution < -0.4 is 5.73 Å². The molecule has 1 heterocycles. The molecular formula is C7H11ClF4N2O. The van der Waals surface area contributed by atoms with Crippen molar-refractivity contribution < 1.29 is 22.4 Å². The van der Waals surface area contributed by atoms with Crippen LogP contribution in [-0.2, 0) is 4.79 Å². The van der Waals surface area contributed by atoms with Crippen LogP contribution in [0.5, 0.6) is 0 Å². The van der Waals surface area contributed by atoms with E-state index in [2.05, 4.69) is 0 Å². The van der Waals surface area contributed by atoms with E-state index in [1.165, 1.54) is 0 Å². The molecule has 15 heavy (non-hydrogen) atoms. The molecule has 1 atom stereocenters. The van der Waals surface area contributed by atoms with E-state index >= 15 is 0 Å². The van der Waals surface area contributed by atoms with E-state index in [4.69, 9.17) is 5.73 Å². The minimum Gasteiger partial charge on any atom is -0.336 e. The van der Waals surface area contributed by atoms with Crippen LogP contribution in [0.4, 0.5) is 17.6 Å². The Labute approximate surface area is 90.0 Å². The van der Waals surface area contributed by atoms with Crippen LogP contribution in [0.25, 0.3) is 0 Å². The largest absolute Gasteiger partial charge is 0.383 e. The highest BCUT2D eigenvalue weighted by atomic mass is 35.5. The number of alkyl halides is 4. The standard InChI is InChI=1S/C7H10F4N2O.ClH/c8-5(9)7(10,11)6(14)13-2-1-4(12)3-13;/h4-5H,1-3,12H2;1H. The maximum atomic E-state index is 12.5. The molecule has 1 aliphatic rings. The van der Waals surface area contributed by atoms with Gasteiger partial charge in [-0.05, 0) is 6.42 Å². The van der Waals surface area contributed by atoms with Crippen LogP contribution >= 0.6 is 12.4 Å². The molecule has 0 aliphatic carbocycles. The Morgan fingerprint density at radius 2 is 2.00 bits per heavy atom. The van der Waals surface area contributed by atoms with E-state index in [9.17, 15) is 22.4 Å². The summed E-state index contributed by atoms with van der Waals surface area (Å²) in [5.74, 6) is -6.43. The summed E-state index contributed by atoms with van der Waals surface area (Å²) in [6.07, 6.45) is -3.60. The topological polar surface area (TPSA) is 46.3 Å². The van der Waals surface area contributed by atoms with Gasteiger partial charge in [0, 0.05) is 19.1 Å². The van der Waals surface area contributed by atoms with Crippen LogP contribution in [0.3, 0.4) is 0 Å². The van der Waals surface area contributed by atoms with E-state index < -0.39 is 24.3 Å². The maximum absolute atomic E-state index is 12.5. The van der Waals surface area contributed by atoms with Crippen molar-refractivity contribution in [1.29, 1.82) is 0 Å². The molecule has 0 aromatic rings. The first-order chi connectivity index (χ1) is 6.35. The van der Waals surface area contributed by atoms with Gasteiger partial charge in [0.05, 0.1) is 0 Å². The maximum Gasteiger partial charge on any atom is 0.383 e. The van der Waals surface area contributed by atoms with Crippen LogP contribution in [0.15, 0.2) is 0 Å². The Morgan fingerprint density at radius 3 is 2.33 bits per heavy atom. The number of hydrogen-bond acceptors (Lipinski definition) is 2. The first-order valence-corrected chi connectivity index (χ1v) is 4.06. The average Bonchev–Trinajstić information content (AvgIpc) is 2.50. The highest BCUT2D eigenvalue weighted by Crippen LogP contribution is 2.26. The SMILES string of the molecule is Cl.NC1CCN(C(=O)C(F)(F)C(F)F)C1. The van der Waals surface area contributed by atoms with Crippen molar-refractivity contribution in [2.45, 2.75) is 24.8 Å². The van der Waals surface area contributed by atoms with Crippen molar-refractivity contribution in [2.24, 2.45) is 5.73 Å². The fraction of sp³-hybridized carbons (Fsp3) is 0.857. The molecule has 0 radical (unpaired) electrons. The normalized spacial score (nSPS) is 21.7. The highest BCUT2D eigenvalue weighted by molar-refractivity contribution is 5.85. The van der Waals surface area contributed by atoms with Crippen LogP contribution in [0.1, 0.15) is 6.42 Å². The molecule has 90 valence electrons.